The van der Waals surface area contributed by atoms with Gasteiger partial charge in [0.2, 0.25) is 0 Å². The summed E-state index contributed by atoms with van der Waals surface area (Å²) in [6.07, 6.45) is 1.85. The van der Waals surface area contributed by atoms with Crippen molar-refractivity contribution in [2.45, 2.75) is 26.7 Å². The van der Waals surface area contributed by atoms with Crippen molar-refractivity contribution in [3.8, 4) is 0 Å². The van der Waals surface area contributed by atoms with Crippen LogP contribution in [0.4, 0.5) is 5.69 Å². The van der Waals surface area contributed by atoms with Crippen molar-refractivity contribution in [3.05, 3.63) is 41.5 Å². The van der Waals surface area contributed by atoms with E-state index in [0.717, 1.165) is 18.5 Å². The first-order valence-corrected chi connectivity index (χ1v) is 5.85. The van der Waals surface area contributed by atoms with Crippen molar-refractivity contribution in [1.29, 1.82) is 0 Å². The number of carbonyl (C=O) groups is 1. The zero-order chi connectivity index (χ0) is 12.8. The first-order chi connectivity index (χ1) is 8.10. The number of carboxylic acids is 1. The van der Waals surface area contributed by atoms with Crippen LogP contribution in [0.2, 0.25) is 0 Å². The van der Waals surface area contributed by atoms with Gasteiger partial charge in [0, 0.05) is 17.8 Å². The molecular weight excluding hydrogens is 214 g/mol. The molecule has 0 saturated heterocycles. The number of hydrogen-bond acceptors (Lipinski definition) is 2. The Kier molecular flexibility index (Phi) is 4.76. The monoisotopic (exact) mass is 233 g/mol. The fraction of sp³-hybridized carbons (Fsp3) is 0.357. The zero-order valence-corrected chi connectivity index (χ0v) is 10.4. The van der Waals surface area contributed by atoms with Crippen LogP contribution in [0.3, 0.4) is 0 Å². The maximum Gasteiger partial charge on any atom is 0.332 e. The van der Waals surface area contributed by atoms with Gasteiger partial charge in [0.1, 0.15) is 0 Å². The minimum absolute atomic E-state index is 0.179. The highest BCUT2D eigenvalue weighted by Gasteiger charge is 2.08. The molecule has 1 aromatic carbocycles. The Labute approximate surface area is 102 Å². The summed E-state index contributed by atoms with van der Waals surface area (Å²) >= 11 is 0. The molecule has 0 aliphatic heterocycles. The van der Waals surface area contributed by atoms with Crippen molar-refractivity contribution in [1.82, 2.24) is 0 Å². The zero-order valence-electron chi connectivity index (χ0n) is 10.4. The topological polar surface area (TPSA) is 49.3 Å². The van der Waals surface area contributed by atoms with Crippen LogP contribution >= 0.6 is 0 Å². The predicted octanol–water partition coefficient (Wildman–Crippen LogP) is 2.86. The van der Waals surface area contributed by atoms with E-state index in [4.69, 9.17) is 5.11 Å². The first kappa shape index (κ1) is 13.3. The van der Waals surface area contributed by atoms with Crippen LogP contribution in [0.5, 0.6) is 0 Å². The number of hydrogen-bond donors (Lipinski definition) is 2. The molecule has 0 radical (unpaired) electrons. The molecule has 0 aromatic heterocycles. The number of nitrogens with one attached hydrogen (secondary N) is 1. The Hall–Kier alpha value is -1.77. The summed E-state index contributed by atoms with van der Waals surface area (Å²) in [5.41, 5.74) is 3.66. The van der Waals surface area contributed by atoms with E-state index in [1.54, 1.807) is 0 Å². The van der Waals surface area contributed by atoms with E-state index in [2.05, 4.69) is 37.9 Å². The highest BCUT2D eigenvalue weighted by Crippen LogP contribution is 2.22. The van der Waals surface area contributed by atoms with Gasteiger partial charge in [-0.3, -0.25) is 0 Å². The molecule has 0 unspecified atom stereocenters. The smallest absolute Gasteiger partial charge is 0.332 e. The fourth-order valence-electron chi connectivity index (χ4n) is 1.74. The minimum Gasteiger partial charge on any atom is -0.478 e. The van der Waals surface area contributed by atoms with Gasteiger partial charge in [0.15, 0.2) is 0 Å². The van der Waals surface area contributed by atoms with Gasteiger partial charge in [-0.2, -0.15) is 0 Å². The van der Waals surface area contributed by atoms with Gasteiger partial charge in [-0.25, -0.2) is 4.79 Å². The molecule has 1 rings (SSSR count). The van der Waals surface area contributed by atoms with Crippen molar-refractivity contribution >= 4 is 11.7 Å². The molecule has 0 fully saturated rings. The molecule has 0 aliphatic rings. The Morgan fingerprint density at radius 2 is 1.82 bits per heavy atom. The summed E-state index contributed by atoms with van der Waals surface area (Å²) in [4.78, 5) is 10.7. The van der Waals surface area contributed by atoms with E-state index in [9.17, 15) is 4.79 Å². The second-order valence-electron chi connectivity index (χ2n) is 3.92. The Morgan fingerprint density at radius 1 is 1.29 bits per heavy atom. The molecule has 0 aliphatic carbocycles. The van der Waals surface area contributed by atoms with Gasteiger partial charge < -0.3 is 10.4 Å². The van der Waals surface area contributed by atoms with E-state index in [-0.39, 0.29) is 12.1 Å². The van der Waals surface area contributed by atoms with Crippen molar-refractivity contribution in [2.24, 2.45) is 0 Å². The van der Waals surface area contributed by atoms with E-state index >= 15 is 0 Å². The van der Waals surface area contributed by atoms with Crippen molar-refractivity contribution in [2.75, 3.05) is 11.9 Å². The molecule has 0 amide bonds. The largest absolute Gasteiger partial charge is 0.478 e. The lowest BCUT2D eigenvalue weighted by molar-refractivity contribution is -0.132. The van der Waals surface area contributed by atoms with Crippen molar-refractivity contribution < 1.29 is 9.90 Å². The summed E-state index contributed by atoms with van der Waals surface area (Å²) in [7, 11) is 0. The number of rotatable bonds is 6. The van der Waals surface area contributed by atoms with Crippen LogP contribution in [0, 0.1) is 0 Å². The highest BCUT2D eigenvalue weighted by molar-refractivity contribution is 5.87. The fourth-order valence-corrected chi connectivity index (χ4v) is 1.74. The van der Waals surface area contributed by atoms with E-state index in [1.807, 2.05) is 6.07 Å². The molecule has 0 heterocycles. The normalized spacial score (nSPS) is 10.0. The lowest BCUT2D eigenvalue weighted by Gasteiger charge is -2.15. The van der Waals surface area contributed by atoms with Gasteiger partial charge in [0.25, 0.3) is 0 Å². The minimum atomic E-state index is -0.954. The number of aryl methyl sites for hydroxylation is 2. The molecule has 2 N–H and O–H groups in total. The lowest BCUT2D eigenvalue weighted by Crippen LogP contribution is -2.13. The third-order valence-corrected chi connectivity index (χ3v) is 2.78. The van der Waals surface area contributed by atoms with Crippen LogP contribution in [-0.4, -0.2) is 17.6 Å². The van der Waals surface area contributed by atoms with E-state index < -0.39 is 5.97 Å². The summed E-state index contributed by atoms with van der Waals surface area (Å²) in [6.45, 7) is 7.97. The molecule has 0 bridgehead atoms. The lowest BCUT2D eigenvalue weighted by atomic mass is 10.0. The standard InChI is InChI=1S/C14H19NO2/c1-4-11-7-6-8-12(5-2)13(11)15-9-10(3)14(16)17/h6-8,15H,3-5,9H2,1-2H3,(H,16,17). The number of aliphatic carboxylic acids is 1. The molecular formula is C14H19NO2. The maximum absolute atomic E-state index is 10.7. The van der Waals surface area contributed by atoms with Crippen LogP contribution in [0.1, 0.15) is 25.0 Å². The summed E-state index contributed by atoms with van der Waals surface area (Å²) in [5, 5.41) is 12.0. The van der Waals surface area contributed by atoms with E-state index in [1.165, 1.54) is 11.1 Å². The van der Waals surface area contributed by atoms with Gasteiger partial charge >= 0.3 is 5.97 Å². The molecule has 1 aromatic rings. The third-order valence-electron chi connectivity index (χ3n) is 2.78. The molecule has 3 heteroatoms. The number of para-hydroxylation sites is 1. The highest BCUT2D eigenvalue weighted by atomic mass is 16.4. The number of carboxylic acid groups (broad SMARTS) is 1. The van der Waals surface area contributed by atoms with E-state index in [0.29, 0.717) is 0 Å². The average Bonchev–Trinajstić information content (AvgIpc) is 2.34. The SMILES string of the molecule is C=C(CNc1c(CC)cccc1CC)C(=O)O. The van der Waals surface area contributed by atoms with Crippen LogP contribution in [-0.2, 0) is 17.6 Å². The van der Waals surface area contributed by atoms with Gasteiger partial charge in [-0.1, -0.05) is 38.6 Å². The maximum atomic E-state index is 10.7. The predicted molar refractivity (Wildman–Crippen MR) is 70.5 cm³/mol. The first-order valence-electron chi connectivity index (χ1n) is 5.85. The molecule has 3 nitrogen and oxygen atoms in total. The number of anilines is 1. The molecule has 0 saturated carbocycles. The summed E-state index contributed by atoms with van der Waals surface area (Å²) in [6, 6.07) is 6.16. The van der Waals surface area contributed by atoms with Gasteiger partial charge in [-0.15, -0.1) is 0 Å². The van der Waals surface area contributed by atoms with Crippen LogP contribution in [0.15, 0.2) is 30.4 Å². The molecule has 92 valence electrons. The Balaban J connectivity index is 2.88. The average molecular weight is 233 g/mol. The Bertz CT molecular complexity index is 402. The quantitative estimate of drug-likeness (QED) is 0.743. The van der Waals surface area contributed by atoms with Crippen LogP contribution in [0.25, 0.3) is 0 Å². The third kappa shape index (κ3) is 3.34. The molecule has 0 spiro atoms. The second-order valence-corrected chi connectivity index (χ2v) is 3.92. The summed E-state index contributed by atoms with van der Waals surface area (Å²) in [5.74, 6) is -0.954. The van der Waals surface area contributed by atoms with Gasteiger partial charge in [0.05, 0.1) is 0 Å². The molecule has 17 heavy (non-hydrogen) atoms. The van der Waals surface area contributed by atoms with Crippen molar-refractivity contribution in [3.63, 3.8) is 0 Å². The summed E-state index contributed by atoms with van der Waals surface area (Å²) < 4.78 is 0. The van der Waals surface area contributed by atoms with Gasteiger partial charge in [-0.05, 0) is 24.0 Å². The van der Waals surface area contributed by atoms with Crippen LogP contribution < -0.4 is 5.32 Å². The molecule has 0 atom stereocenters. The number of benzene rings is 1. The Morgan fingerprint density at radius 3 is 2.24 bits per heavy atom. The second kappa shape index (κ2) is 6.09.